The monoisotopic (exact) mass is 248 g/mol. The van der Waals surface area contributed by atoms with Crippen molar-refractivity contribution in [3.8, 4) is 0 Å². The lowest BCUT2D eigenvalue weighted by molar-refractivity contribution is -0.384. The van der Waals surface area contributed by atoms with Crippen LogP contribution in [0.4, 0.5) is 11.4 Å². The third-order valence-corrected chi connectivity index (χ3v) is 2.82. The number of nitrogens with zero attached hydrogens (tertiary/aromatic N) is 2. The maximum Gasteiger partial charge on any atom is 0.335 e. The van der Waals surface area contributed by atoms with E-state index in [4.69, 9.17) is 5.11 Å². The number of carboxylic acids is 1. The Bertz CT molecular complexity index is 525. The van der Waals surface area contributed by atoms with E-state index in [1.807, 2.05) is 17.1 Å². The molecule has 0 spiro atoms. The fraction of sp³-hybridized carbons (Fsp3) is 0.250. The number of hydrogen-bond donors (Lipinski definition) is 1. The Morgan fingerprint density at radius 2 is 2.17 bits per heavy atom. The lowest BCUT2D eigenvalue weighted by Crippen LogP contribution is -2.27. The molecular formula is C12H12N2O4. The number of nitro benzene ring substituents is 1. The van der Waals surface area contributed by atoms with Crippen molar-refractivity contribution in [1.29, 1.82) is 0 Å². The minimum Gasteiger partial charge on any atom is -0.478 e. The molecule has 0 aromatic heterocycles. The van der Waals surface area contributed by atoms with Crippen molar-refractivity contribution >= 4 is 17.3 Å². The van der Waals surface area contributed by atoms with Gasteiger partial charge in [-0.05, 0) is 18.6 Å². The highest BCUT2D eigenvalue weighted by molar-refractivity contribution is 5.89. The first-order valence-corrected chi connectivity index (χ1v) is 5.51. The average Bonchev–Trinajstić information content (AvgIpc) is 2.39. The molecule has 1 aromatic rings. The van der Waals surface area contributed by atoms with Crippen molar-refractivity contribution in [2.45, 2.75) is 6.42 Å². The first-order chi connectivity index (χ1) is 8.59. The fourth-order valence-corrected chi connectivity index (χ4v) is 1.93. The molecule has 6 heteroatoms. The van der Waals surface area contributed by atoms with E-state index in [0.717, 1.165) is 12.5 Å². The summed E-state index contributed by atoms with van der Waals surface area (Å²) in [7, 11) is 0. The molecule has 1 aliphatic rings. The summed E-state index contributed by atoms with van der Waals surface area (Å²) < 4.78 is 0. The molecule has 6 nitrogen and oxygen atoms in total. The zero-order valence-electron chi connectivity index (χ0n) is 9.57. The molecule has 94 valence electrons. The summed E-state index contributed by atoms with van der Waals surface area (Å²) in [6, 6.07) is 4.00. The van der Waals surface area contributed by atoms with Crippen LogP contribution in [0.3, 0.4) is 0 Å². The second-order valence-corrected chi connectivity index (χ2v) is 3.97. The highest BCUT2D eigenvalue weighted by Gasteiger charge is 2.21. The van der Waals surface area contributed by atoms with Gasteiger partial charge in [0.25, 0.3) is 5.69 Å². The van der Waals surface area contributed by atoms with Crippen LogP contribution in [0.2, 0.25) is 0 Å². The predicted molar refractivity (Wildman–Crippen MR) is 66.0 cm³/mol. The van der Waals surface area contributed by atoms with Crippen molar-refractivity contribution in [2.24, 2.45) is 0 Å². The molecule has 0 radical (unpaired) electrons. The van der Waals surface area contributed by atoms with Crippen molar-refractivity contribution in [2.75, 3.05) is 18.0 Å². The molecule has 18 heavy (non-hydrogen) atoms. The Morgan fingerprint density at radius 1 is 1.39 bits per heavy atom. The van der Waals surface area contributed by atoms with Gasteiger partial charge < -0.3 is 10.0 Å². The van der Waals surface area contributed by atoms with Gasteiger partial charge in [-0.25, -0.2) is 4.79 Å². The highest BCUT2D eigenvalue weighted by Crippen LogP contribution is 2.30. The van der Waals surface area contributed by atoms with E-state index in [1.165, 1.54) is 12.1 Å². The Balaban J connectivity index is 2.43. The molecule has 0 saturated carbocycles. The quantitative estimate of drug-likeness (QED) is 0.503. The Labute approximate surface area is 103 Å². The summed E-state index contributed by atoms with van der Waals surface area (Å²) in [5.41, 5.74) is 0.234. The summed E-state index contributed by atoms with van der Waals surface area (Å²) in [5.74, 6) is -1.16. The van der Waals surface area contributed by atoms with Gasteiger partial charge in [-0.15, -0.1) is 0 Å². The molecule has 0 bridgehead atoms. The zero-order valence-corrected chi connectivity index (χ0v) is 9.57. The van der Waals surface area contributed by atoms with E-state index in [9.17, 15) is 14.9 Å². The Kier molecular flexibility index (Phi) is 3.27. The van der Waals surface area contributed by atoms with E-state index in [1.54, 1.807) is 0 Å². The van der Waals surface area contributed by atoms with E-state index in [-0.39, 0.29) is 11.3 Å². The normalized spacial score (nSPS) is 14.6. The minimum absolute atomic E-state index is 0.0713. The summed E-state index contributed by atoms with van der Waals surface area (Å²) in [6.45, 7) is 1.30. The molecule has 0 atom stereocenters. The minimum atomic E-state index is -1.16. The highest BCUT2D eigenvalue weighted by atomic mass is 16.6. The lowest BCUT2D eigenvalue weighted by Gasteiger charge is -2.25. The molecule has 1 heterocycles. The number of benzene rings is 1. The van der Waals surface area contributed by atoms with Gasteiger partial charge in [0.1, 0.15) is 5.69 Å². The third-order valence-electron chi connectivity index (χ3n) is 2.82. The van der Waals surface area contributed by atoms with Crippen molar-refractivity contribution in [3.63, 3.8) is 0 Å². The average molecular weight is 248 g/mol. The van der Waals surface area contributed by atoms with Gasteiger partial charge in [0.2, 0.25) is 0 Å². The van der Waals surface area contributed by atoms with Gasteiger partial charge in [-0.2, -0.15) is 0 Å². The maximum absolute atomic E-state index is 11.0. The Hall–Kier alpha value is -2.37. The van der Waals surface area contributed by atoms with E-state index in [0.29, 0.717) is 18.8 Å². The van der Waals surface area contributed by atoms with Crippen molar-refractivity contribution in [1.82, 2.24) is 0 Å². The van der Waals surface area contributed by atoms with E-state index in [2.05, 4.69) is 0 Å². The van der Waals surface area contributed by atoms with Crippen LogP contribution in [0.1, 0.15) is 16.8 Å². The summed E-state index contributed by atoms with van der Waals surface area (Å²) >= 11 is 0. The summed E-state index contributed by atoms with van der Waals surface area (Å²) in [4.78, 5) is 23.1. The van der Waals surface area contributed by atoms with Gasteiger partial charge in [-0.1, -0.05) is 12.2 Å². The topological polar surface area (TPSA) is 83.7 Å². The van der Waals surface area contributed by atoms with Crippen LogP contribution in [0.15, 0.2) is 30.4 Å². The first-order valence-electron chi connectivity index (χ1n) is 5.51. The largest absolute Gasteiger partial charge is 0.478 e. The second-order valence-electron chi connectivity index (χ2n) is 3.97. The van der Waals surface area contributed by atoms with Crippen LogP contribution in [0.25, 0.3) is 0 Å². The summed E-state index contributed by atoms with van der Waals surface area (Å²) in [6.07, 6.45) is 4.80. The lowest BCUT2D eigenvalue weighted by atomic mass is 10.1. The number of rotatable bonds is 3. The van der Waals surface area contributed by atoms with Crippen LogP contribution < -0.4 is 4.90 Å². The molecular weight excluding hydrogens is 236 g/mol. The van der Waals surface area contributed by atoms with Gasteiger partial charge in [-0.3, -0.25) is 10.1 Å². The molecule has 1 N–H and O–H groups in total. The number of carboxylic acid groups (broad SMARTS) is 1. The van der Waals surface area contributed by atoms with Gasteiger partial charge in [0, 0.05) is 19.2 Å². The smallest absolute Gasteiger partial charge is 0.335 e. The van der Waals surface area contributed by atoms with E-state index >= 15 is 0 Å². The molecule has 0 saturated heterocycles. The molecule has 0 amide bonds. The zero-order chi connectivity index (χ0) is 13.1. The fourth-order valence-electron chi connectivity index (χ4n) is 1.93. The molecule has 1 aliphatic heterocycles. The SMILES string of the molecule is O=C(O)c1ccc(N2CC=CCC2)c([N+](=O)[O-])c1. The van der Waals surface area contributed by atoms with Crippen LogP contribution in [0, 0.1) is 10.1 Å². The molecule has 1 aromatic carbocycles. The first kappa shape index (κ1) is 12.1. The van der Waals surface area contributed by atoms with Crippen LogP contribution >= 0.6 is 0 Å². The summed E-state index contributed by atoms with van der Waals surface area (Å²) in [5, 5.41) is 19.9. The number of hydrogen-bond acceptors (Lipinski definition) is 4. The molecule has 0 fully saturated rings. The van der Waals surface area contributed by atoms with Gasteiger partial charge in [0.05, 0.1) is 10.5 Å². The molecule has 0 aliphatic carbocycles. The van der Waals surface area contributed by atoms with Crippen molar-refractivity contribution < 1.29 is 14.8 Å². The number of anilines is 1. The second kappa shape index (κ2) is 4.87. The molecule has 0 unspecified atom stereocenters. The number of carbonyl (C=O) groups is 1. The third kappa shape index (κ3) is 2.32. The van der Waals surface area contributed by atoms with Crippen LogP contribution in [0.5, 0.6) is 0 Å². The Morgan fingerprint density at radius 3 is 2.72 bits per heavy atom. The van der Waals surface area contributed by atoms with E-state index < -0.39 is 10.9 Å². The van der Waals surface area contributed by atoms with Gasteiger partial charge >= 0.3 is 5.97 Å². The predicted octanol–water partition coefficient (Wildman–Crippen LogP) is 2.06. The van der Waals surface area contributed by atoms with Crippen LogP contribution in [-0.2, 0) is 0 Å². The number of nitro groups is 1. The van der Waals surface area contributed by atoms with Crippen molar-refractivity contribution in [3.05, 3.63) is 46.0 Å². The number of aromatic carboxylic acids is 1. The standard InChI is InChI=1S/C12H12N2O4/c15-12(16)9-4-5-10(11(8-9)14(17)18)13-6-2-1-3-7-13/h1-2,4-5,8H,3,6-7H2,(H,15,16). The maximum atomic E-state index is 11.0. The van der Waals surface area contributed by atoms with Gasteiger partial charge in [0.15, 0.2) is 0 Å². The van der Waals surface area contributed by atoms with Crippen LogP contribution in [-0.4, -0.2) is 29.1 Å². The molecule has 2 rings (SSSR count).